The van der Waals surface area contributed by atoms with Gasteiger partial charge in [0.2, 0.25) is 17.5 Å². The molecule has 18 heteroatoms. The Balaban J connectivity index is 1.28. The normalized spacial score (nSPS) is 28.6. The van der Waals surface area contributed by atoms with E-state index in [1.54, 1.807) is 0 Å². The fourth-order valence-corrected chi connectivity index (χ4v) is 5.87. The first kappa shape index (κ1) is 38.3. The Hall–Kier alpha value is -5.44. The summed E-state index contributed by atoms with van der Waals surface area (Å²) < 4.78 is 34.2. The van der Waals surface area contributed by atoms with Gasteiger partial charge in [-0.25, -0.2) is 4.79 Å². The predicted molar refractivity (Wildman–Crippen MR) is 181 cm³/mol. The summed E-state index contributed by atoms with van der Waals surface area (Å²) >= 11 is 0. The molecule has 18 nitrogen and oxygen atoms in total. The summed E-state index contributed by atoms with van der Waals surface area (Å²) in [6, 6.07) is 11.1. The highest BCUT2D eigenvalue weighted by molar-refractivity contribution is 5.88. The number of benzene rings is 3. The summed E-state index contributed by atoms with van der Waals surface area (Å²) in [4.78, 5) is 26.3. The summed E-state index contributed by atoms with van der Waals surface area (Å²) in [6.45, 7) is 0.691. The van der Waals surface area contributed by atoms with Crippen LogP contribution >= 0.6 is 0 Å². The standard InChI is InChI=1S/C36H36O18/c1-14-26(43)30(47)34(54-35-31(48)29(46)27(44)23(52-35)13-49-24(42)9-4-15-2-6-17(37)7-3-15)36(50-14)53-33-28(45)25-21(41)11-18(38)12-22(25)51-32(33)16-5-8-19(39)20(40)10-16/h2-12,14,23,26-27,29-31,34-41,43-44,46-48H,13H2,1H3. The summed E-state index contributed by atoms with van der Waals surface area (Å²) in [7, 11) is 0. The number of ether oxygens (including phenoxy) is 5. The molecule has 0 spiro atoms. The van der Waals surface area contributed by atoms with Gasteiger partial charge in [-0.3, -0.25) is 4.79 Å². The second-order valence-electron chi connectivity index (χ2n) is 12.6. The highest BCUT2D eigenvalue weighted by Gasteiger charge is 2.51. The van der Waals surface area contributed by atoms with Gasteiger partial charge in [0.15, 0.2) is 29.7 Å². The zero-order valence-electron chi connectivity index (χ0n) is 28.1. The number of aliphatic hydroxyl groups is 5. The number of hydrogen-bond donors (Lipinski definition) is 10. The van der Waals surface area contributed by atoms with Crippen molar-refractivity contribution in [1.29, 1.82) is 0 Å². The van der Waals surface area contributed by atoms with Crippen molar-refractivity contribution in [2.24, 2.45) is 0 Å². The third-order valence-corrected chi connectivity index (χ3v) is 8.83. The Morgan fingerprint density at radius 2 is 1.48 bits per heavy atom. The van der Waals surface area contributed by atoms with Gasteiger partial charge in [-0.15, -0.1) is 0 Å². The minimum absolute atomic E-state index is 0.0198. The van der Waals surface area contributed by atoms with Crippen LogP contribution < -0.4 is 10.2 Å². The minimum atomic E-state index is -2.00. The summed E-state index contributed by atoms with van der Waals surface area (Å²) in [5.74, 6) is -4.31. The number of aromatic hydroxyl groups is 5. The van der Waals surface area contributed by atoms with Gasteiger partial charge in [0.05, 0.1) is 6.10 Å². The molecule has 10 atom stereocenters. The Morgan fingerprint density at radius 3 is 2.19 bits per heavy atom. The molecule has 2 fully saturated rings. The van der Waals surface area contributed by atoms with E-state index in [1.807, 2.05) is 0 Å². The first-order chi connectivity index (χ1) is 25.6. The maximum atomic E-state index is 13.9. The first-order valence-corrected chi connectivity index (χ1v) is 16.3. The van der Waals surface area contributed by atoms with Crippen LogP contribution in [-0.2, 0) is 23.7 Å². The van der Waals surface area contributed by atoms with Crippen LogP contribution in [0.3, 0.4) is 0 Å². The van der Waals surface area contributed by atoms with Crippen LogP contribution in [0.25, 0.3) is 28.4 Å². The van der Waals surface area contributed by atoms with E-state index < -0.39 is 119 Å². The third-order valence-electron chi connectivity index (χ3n) is 8.83. The number of phenols is 5. The molecule has 0 saturated carbocycles. The molecule has 2 aliphatic rings. The van der Waals surface area contributed by atoms with Crippen molar-refractivity contribution in [2.45, 2.75) is 68.3 Å². The lowest BCUT2D eigenvalue weighted by atomic mass is 9.97. The van der Waals surface area contributed by atoms with Crippen molar-refractivity contribution in [1.82, 2.24) is 0 Å². The molecule has 10 N–H and O–H groups in total. The second-order valence-corrected chi connectivity index (χ2v) is 12.6. The van der Waals surface area contributed by atoms with Crippen molar-refractivity contribution < 1.29 is 84.0 Å². The second kappa shape index (κ2) is 15.5. The summed E-state index contributed by atoms with van der Waals surface area (Å²) in [6.07, 6.45) is -15.2. The maximum Gasteiger partial charge on any atom is 0.330 e. The fraction of sp³-hybridized carbons (Fsp3) is 0.333. The number of esters is 1. The predicted octanol–water partition coefficient (Wildman–Crippen LogP) is 0.283. The van der Waals surface area contributed by atoms with Gasteiger partial charge in [-0.2, -0.15) is 0 Å². The minimum Gasteiger partial charge on any atom is -0.508 e. The molecule has 3 aromatic carbocycles. The molecule has 0 aliphatic carbocycles. The average molecular weight is 757 g/mol. The number of fused-ring (bicyclic) bond motifs is 1. The van der Waals surface area contributed by atoms with Crippen molar-refractivity contribution in [3.8, 4) is 45.8 Å². The van der Waals surface area contributed by atoms with E-state index in [0.717, 1.165) is 30.3 Å². The van der Waals surface area contributed by atoms with E-state index in [-0.39, 0.29) is 16.9 Å². The van der Waals surface area contributed by atoms with Crippen molar-refractivity contribution >= 4 is 23.0 Å². The average Bonchev–Trinajstić information content (AvgIpc) is 3.13. The molecule has 0 radical (unpaired) electrons. The van der Waals surface area contributed by atoms with Gasteiger partial charge in [-0.05, 0) is 48.9 Å². The zero-order chi connectivity index (χ0) is 39.0. The van der Waals surface area contributed by atoms with Crippen LogP contribution in [0.15, 0.2) is 69.9 Å². The van der Waals surface area contributed by atoms with Crippen LogP contribution in [-0.4, -0.2) is 125 Å². The van der Waals surface area contributed by atoms with Gasteiger partial charge >= 0.3 is 5.97 Å². The molecule has 10 unspecified atom stereocenters. The largest absolute Gasteiger partial charge is 0.508 e. The molecule has 0 bridgehead atoms. The topological polar surface area (TPSA) is 296 Å². The molecule has 2 aliphatic heterocycles. The molecule has 6 rings (SSSR count). The summed E-state index contributed by atoms with van der Waals surface area (Å²) in [5.41, 5.74) is -0.858. The lowest BCUT2D eigenvalue weighted by molar-refractivity contribution is -0.355. The van der Waals surface area contributed by atoms with E-state index in [2.05, 4.69) is 0 Å². The first-order valence-electron chi connectivity index (χ1n) is 16.3. The number of carbonyl (C=O) groups is 1. The molecule has 0 amide bonds. The SMILES string of the molecule is CC1OC(Oc2c(-c3ccc(O)c(O)c3)oc3cc(O)cc(O)c3c2=O)C(OC2OC(COC(=O)C=Cc3ccc(O)cc3)C(O)C(O)C2O)C(O)C1O. The van der Waals surface area contributed by atoms with E-state index in [9.17, 15) is 60.7 Å². The van der Waals surface area contributed by atoms with Gasteiger partial charge < -0.3 is 79.2 Å². The van der Waals surface area contributed by atoms with Gasteiger partial charge in [0.25, 0.3) is 0 Å². The molecular weight excluding hydrogens is 720 g/mol. The van der Waals surface area contributed by atoms with Crippen molar-refractivity contribution in [2.75, 3.05) is 6.61 Å². The van der Waals surface area contributed by atoms with Crippen LogP contribution in [0, 0.1) is 0 Å². The van der Waals surface area contributed by atoms with Gasteiger partial charge in [-0.1, -0.05) is 12.1 Å². The van der Waals surface area contributed by atoms with Crippen LogP contribution in [0.2, 0.25) is 0 Å². The van der Waals surface area contributed by atoms with E-state index in [1.165, 1.54) is 43.3 Å². The summed E-state index contributed by atoms with van der Waals surface area (Å²) in [5, 5.41) is 104. The quantitative estimate of drug-likeness (QED) is 0.0623. The van der Waals surface area contributed by atoms with Crippen molar-refractivity contribution in [3.05, 3.63) is 76.5 Å². The lowest BCUT2D eigenvalue weighted by Crippen LogP contribution is -2.64. The molecule has 54 heavy (non-hydrogen) atoms. The van der Waals surface area contributed by atoms with Crippen LogP contribution in [0.4, 0.5) is 0 Å². The Bertz CT molecular complexity index is 2080. The number of hydrogen-bond acceptors (Lipinski definition) is 18. The highest BCUT2D eigenvalue weighted by atomic mass is 16.8. The number of phenolic OH excluding ortho intramolecular Hbond substituents is 5. The van der Waals surface area contributed by atoms with Crippen LogP contribution in [0.1, 0.15) is 12.5 Å². The smallest absolute Gasteiger partial charge is 0.330 e. The Labute approximate surface area is 304 Å². The Kier molecular flexibility index (Phi) is 11.0. The van der Waals surface area contributed by atoms with Gasteiger partial charge in [0.1, 0.15) is 71.4 Å². The molecular formula is C36H36O18. The number of rotatable bonds is 9. The van der Waals surface area contributed by atoms with Crippen LogP contribution in [0.5, 0.6) is 34.5 Å². The van der Waals surface area contributed by atoms with E-state index in [0.29, 0.717) is 5.56 Å². The molecule has 3 heterocycles. The number of aliphatic hydroxyl groups excluding tert-OH is 5. The lowest BCUT2D eigenvalue weighted by Gasteiger charge is -2.45. The molecule has 2 saturated heterocycles. The van der Waals surface area contributed by atoms with E-state index >= 15 is 0 Å². The van der Waals surface area contributed by atoms with Gasteiger partial charge in [0, 0.05) is 23.8 Å². The van der Waals surface area contributed by atoms with Crippen molar-refractivity contribution in [3.63, 3.8) is 0 Å². The molecule has 4 aromatic rings. The molecule has 1 aromatic heterocycles. The Morgan fingerprint density at radius 1 is 0.759 bits per heavy atom. The maximum absolute atomic E-state index is 13.9. The number of carbonyl (C=O) groups excluding carboxylic acids is 1. The highest BCUT2D eigenvalue weighted by Crippen LogP contribution is 2.40. The zero-order valence-corrected chi connectivity index (χ0v) is 28.1. The monoisotopic (exact) mass is 756 g/mol. The van der Waals surface area contributed by atoms with E-state index in [4.69, 9.17) is 28.1 Å². The molecule has 288 valence electrons. The third kappa shape index (κ3) is 7.77. The fourth-order valence-electron chi connectivity index (χ4n) is 5.87.